The Balaban J connectivity index is 2.36. The molecule has 2 unspecified atom stereocenters. The normalized spacial score (nSPS) is 22.8. The summed E-state index contributed by atoms with van der Waals surface area (Å²) in [6.45, 7) is 3.68. The van der Waals surface area contributed by atoms with Gasteiger partial charge in [0.15, 0.2) is 0 Å². The average molecular weight is 343 g/mol. The van der Waals surface area contributed by atoms with E-state index in [9.17, 15) is 4.79 Å². The molecule has 0 saturated heterocycles. The van der Waals surface area contributed by atoms with Crippen molar-refractivity contribution in [3.05, 3.63) is 21.0 Å². The fourth-order valence-electron chi connectivity index (χ4n) is 3.16. The molecule has 1 fully saturated rings. The van der Waals surface area contributed by atoms with Crippen LogP contribution >= 0.6 is 15.9 Å². The highest BCUT2D eigenvalue weighted by atomic mass is 79.9. The summed E-state index contributed by atoms with van der Waals surface area (Å²) < 4.78 is 1.95. The number of anilines is 1. The van der Waals surface area contributed by atoms with E-state index < -0.39 is 0 Å². The zero-order valence-electron chi connectivity index (χ0n) is 12.2. The van der Waals surface area contributed by atoms with Gasteiger partial charge in [-0.25, -0.2) is 4.68 Å². The summed E-state index contributed by atoms with van der Waals surface area (Å²) in [4.78, 5) is 14.3. The Labute approximate surface area is 128 Å². The number of rotatable bonds is 4. The molecule has 1 aliphatic rings. The van der Waals surface area contributed by atoms with Crippen LogP contribution in [0.3, 0.4) is 0 Å². The van der Waals surface area contributed by atoms with E-state index in [0.29, 0.717) is 23.0 Å². The maximum atomic E-state index is 12.0. The van der Waals surface area contributed by atoms with Gasteiger partial charge in [-0.1, -0.05) is 12.8 Å². The fraction of sp³-hybridized carbons (Fsp3) is 0.714. The SMILES string of the molecule is CCN(c1cnn(C)c(=O)c1Br)C1CCCCC1CN. The van der Waals surface area contributed by atoms with Crippen LogP contribution < -0.4 is 16.2 Å². The Morgan fingerprint density at radius 3 is 2.85 bits per heavy atom. The molecule has 112 valence electrons. The maximum absolute atomic E-state index is 12.0. The molecule has 1 heterocycles. The van der Waals surface area contributed by atoms with Crippen LogP contribution in [0, 0.1) is 5.92 Å². The van der Waals surface area contributed by atoms with E-state index >= 15 is 0 Å². The van der Waals surface area contributed by atoms with Crippen molar-refractivity contribution < 1.29 is 0 Å². The lowest BCUT2D eigenvalue weighted by Crippen LogP contribution is -2.46. The third-order valence-corrected chi connectivity index (χ3v) is 5.03. The second kappa shape index (κ2) is 6.72. The number of aryl methyl sites for hydroxylation is 1. The van der Waals surface area contributed by atoms with Crippen molar-refractivity contribution >= 4 is 21.6 Å². The number of hydrogen-bond donors (Lipinski definition) is 1. The van der Waals surface area contributed by atoms with Crippen molar-refractivity contribution in [2.24, 2.45) is 18.7 Å². The van der Waals surface area contributed by atoms with Crippen LogP contribution in [-0.4, -0.2) is 28.9 Å². The highest BCUT2D eigenvalue weighted by molar-refractivity contribution is 9.10. The molecule has 5 nitrogen and oxygen atoms in total. The molecular weight excluding hydrogens is 320 g/mol. The molecule has 0 aliphatic heterocycles. The number of nitrogens with zero attached hydrogens (tertiary/aromatic N) is 3. The molecule has 2 atom stereocenters. The van der Waals surface area contributed by atoms with Gasteiger partial charge in [0.2, 0.25) is 0 Å². The Kier molecular flexibility index (Phi) is 5.21. The number of aromatic nitrogens is 2. The van der Waals surface area contributed by atoms with E-state index in [0.717, 1.165) is 18.7 Å². The summed E-state index contributed by atoms with van der Waals surface area (Å²) in [5.74, 6) is 0.500. The molecule has 1 aromatic rings. The molecule has 2 N–H and O–H groups in total. The zero-order chi connectivity index (χ0) is 14.7. The maximum Gasteiger partial charge on any atom is 0.282 e. The van der Waals surface area contributed by atoms with E-state index in [1.54, 1.807) is 13.2 Å². The minimum atomic E-state index is -0.0962. The number of hydrogen-bond acceptors (Lipinski definition) is 4. The summed E-state index contributed by atoms with van der Waals surface area (Å²) in [5.41, 5.74) is 6.73. The van der Waals surface area contributed by atoms with Crippen LogP contribution in [0.1, 0.15) is 32.6 Å². The summed E-state index contributed by atoms with van der Waals surface area (Å²) in [7, 11) is 1.66. The van der Waals surface area contributed by atoms with Gasteiger partial charge < -0.3 is 10.6 Å². The highest BCUT2D eigenvalue weighted by Crippen LogP contribution is 2.33. The third-order valence-electron chi connectivity index (χ3n) is 4.28. The Hall–Kier alpha value is -0.880. The van der Waals surface area contributed by atoms with Crippen LogP contribution in [0.15, 0.2) is 15.5 Å². The minimum absolute atomic E-state index is 0.0962. The Bertz CT molecular complexity index is 516. The molecular formula is C14H23BrN4O. The van der Waals surface area contributed by atoms with Gasteiger partial charge in [-0.05, 0) is 48.2 Å². The van der Waals surface area contributed by atoms with E-state index in [1.807, 2.05) is 0 Å². The van der Waals surface area contributed by atoms with Crippen molar-refractivity contribution in [2.45, 2.75) is 38.6 Å². The van der Waals surface area contributed by atoms with Crippen LogP contribution in [0.4, 0.5) is 5.69 Å². The lowest BCUT2D eigenvalue weighted by molar-refractivity contribution is 0.300. The van der Waals surface area contributed by atoms with Crippen LogP contribution in [0.5, 0.6) is 0 Å². The smallest absolute Gasteiger partial charge is 0.282 e. The monoisotopic (exact) mass is 342 g/mol. The summed E-state index contributed by atoms with van der Waals surface area (Å²) in [6.07, 6.45) is 6.57. The predicted molar refractivity (Wildman–Crippen MR) is 85.0 cm³/mol. The van der Waals surface area contributed by atoms with Crippen molar-refractivity contribution in [3.8, 4) is 0 Å². The van der Waals surface area contributed by atoms with Crippen LogP contribution in [0.25, 0.3) is 0 Å². The van der Waals surface area contributed by atoms with E-state index in [2.05, 4.69) is 32.9 Å². The molecule has 0 spiro atoms. The fourth-order valence-corrected chi connectivity index (χ4v) is 3.75. The highest BCUT2D eigenvalue weighted by Gasteiger charge is 2.30. The van der Waals surface area contributed by atoms with Gasteiger partial charge in [-0.3, -0.25) is 4.79 Å². The molecule has 0 bridgehead atoms. The Morgan fingerprint density at radius 1 is 1.50 bits per heavy atom. The van der Waals surface area contributed by atoms with Crippen LogP contribution in [-0.2, 0) is 7.05 Å². The predicted octanol–water partition coefficient (Wildman–Crippen LogP) is 1.89. The summed E-state index contributed by atoms with van der Waals surface area (Å²) in [5, 5.41) is 4.16. The summed E-state index contributed by atoms with van der Waals surface area (Å²) in [6, 6.07) is 0.406. The van der Waals surface area contributed by atoms with E-state index in [4.69, 9.17) is 5.73 Å². The van der Waals surface area contributed by atoms with Crippen molar-refractivity contribution in [1.29, 1.82) is 0 Å². The average Bonchev–Trinajstić information content (AvgIpc) is 2.48. The van der Waals surface area contributed by atoms with Gasteiger partial charge in [-0.15, -0.1) is 0 Å². The van der Waals surface area contributed by atoms with Gasteiger partial charge in [0.25, 0.3) is 5.56 Å². The third kappa shape index (κ3) is 2.91. The van der Waals surface area contributed by atoms with E-state index in [1.165, 1.54) is 23.9 Å². The second-order valence-electron chi connectivity index (χ2n) is 5.41. The molecule has 6 heteroatoms. The standard InChI is InChI=1S/C14H23BrN4O/c1-3-19(11-7-5-4-6-10(11)8-16)12-9-17-18(2)14(20)13(12)15/h9-11H,3-8,16H2,1-2H3. The molecule has 1 aliphatic carbocycles. The largest absolute Gasteiger partial charge is 0.366 e. The Morgan fingerprint density at radius 2 is 2.20 bits per heavy atom. The number of halogens is 1. The van der Waals surface area contributed by atoms with Crippen molar-refractivity contribution in [2.75, 3.05) is 18.0 Å². The lowest BCUT2D eigenvalue weighted by atomic mass is 9.83. The van der Waals surface area contributed by atoms with Crippen molar-refractivity contribution in [3.63, 3.8) is 0 Å². The first kappa shape index (κ1) is 15.5. The first-order valence-corrected chi connectivity index (χ1v) is 8.08. The molecule has 1 aromatic heterocycles. The summed E-state index contributed by atoms with van der Waals surface area (Å²) >= 11 is 3.43. The molecule has 0 amide bonds. The minimum Gasteiger partial charge on any atom is -0.366 e. The molecule has 0 aromatic carbocycles. The van der Waals surface area contributed by atoms with Crippen molar-refractivity contribution in [1.82, 2.24) is 9.78 Å². The second-order valence-corrected chi connectivity index (χ2v) is 6.20. The van der Waals surface area contributed by atoms with Gasteiger partial charge in [-0.2, -0.15) is 5.10 Å². The zero-order valence-corrected chi connectivity index (χ0v) is 13.8. The number of nitrogens with two attached hydrogens (primary N) is 1. The van der Waals surface area contributed by atoms with E-state index in [-0.39, 0.29) is 5.56 Å². The topological polar surface area (TPSA) is 64.2 Å². The quantitative estimate of drug-likeness (QED) is 0.907. The van der Waals surface area contributed by atoms with Gasteiger partial charge in [0.1, 0.15) is 4.47 Å². The lowest BCUT2D eigenvalue weighted by Gasteiger charge is -2.40. The molecule has 20 heavy (non-hydrogen) atoms. The molecule has 2 rings (SSSR count). The van der Waals surface area contributed by atoms with Gasteiger partial charge >= 0.3 is 0 Å². The molecule has 0 radical (unpaired) electrons. The first-order chi connectivity index (χ1) is 9.60. The van der Waals surface area contributed by atoms with Gasteiger partial charge in [0.05, 0.1) is 11.9 Å². The first-order valence-electron chi connectivity index (χ1n) is 7.28. The van der Waals surface area contributed by atoms with Gasteiger partial charge in [0, 0.05) is 19.6 Å². The van der Waals surface area contributed by atoms with Crippen LogP contribution in [0.2, 0.25) is 0 Å². The molecule has 1 saturated carbocycles.